The van der Waals surface area contributed by atoms with E-state index in [2.05, 4.69) is 41.2 Å². The molecule has 1 heterocycles. The first-order valence-electron chi connectivity index (χ1n) is 4.36. The van der Waals surface area contributed by atoms with Crippen LogP contribution in [0, 0.1) is 0 Å². The van der Waals surface area contributed by atoms with E-state index in [0.29, 0.717) is 6.04 Å². The van der Waals surface area contributed by atoms with E-state index in [1.807, 2.05) is 6.07 Å². The van der Waals surface area contributed by atoms with Crippen LogP contribution in [-0.2, 0) is 0 Å². The molecule has 1 unspecified atom stereocenters. The summed E-state index contributed by atoms with van der Waals surface area (Å²) in [4.78, 5) is 10.1. The Balaban J connectivity index is 2.41. The van der Waals surface area contributed by atoms with Gasteiger partial charge in [-0.1, -0.05) is 0 Å². The monoisotopic (exact) mass is 180 g/mol. The van der Waals surface area contributed by atoms with Gasteiger partial charge >= 0.3 is 0 Å². The summed E-state index contributed by atoms with van der Waals surface area (Å²) in [6, 6.07) is 2.26. The topological polar surface area (TPSA) is 41.0 Å². The van der Waals surface area contributed by atoms with Crippen LogP contribution in [0.1, 0.15) is 6.92 Å². The molecule has 0 amide bonds. The Morgan fingerprint density at radius 3 is 2.85 bits per heavy atom. The van der Waals surface area contributed by atoms with Crippen LogP contribution in [0.5, 0.6) is 0 Å². The Hall–Kier alpha value is -1.16. The fraction of sp³-hybridized carbons (Fsp3) is 0.556. The van der Waals surface area contributed by atoms with Crippen molar-refractivity contribution in [3.8, 4) is 0 Å². The fourth-order valence-corrected chi connectivity index (χ4v) is 1.22. The minimum atomic E-state index is 0.393. The predicted molar refractivity (Wildman–Crippen MR) is 53.7 cm³/mol. The van der Waals surface area contributed by atoms with Gasteiger partial charge in [-0.3, -0.25) is 0 Å². The number of likely N-dealkylation sites (N-methyl/N-ethyl adjacent to an activating group) is 1. The van der Waals surface area contributed by atoms with Crippen LogP contribution in [0.4, 0.5) is 5.82 Å². The first kappa shape index (κ1) is 9.92. The molecule has 0 fully saturated rings. The van der Waals surface area contributed by atoms with E-state index < -0.39 is 0 Å². The molecule has 0 saturated heterocycles. The second-order valence-electron chi connectivity index (χ2n) is 3.40. The summed E-state index contributed by atoms with van der Waals surface area (Å²) in [6.07, 6.45) is 3.28. The maximum absolute atomic E-state index is 4.09. The molecule has 4 nitrogen and oxygen atoms in total. The van der Waals surface area contributed by atoms with Crippen molar-refractivity contribution >= 4 is 5.82 Å². The zero-order chi connectivity index (χ0) is 9.68. The lowest BCUT2D eigenvalue weighted by Crippen LogP contribution is -2.29. The van der Waals surface area contributed by atoms with Crippen LogP contribution in [0.2, 0.25) is 0 Å². The van der Waals surface area contributed by atoms with Crippen LogP contribution in [-0.4, -0.2) is 41.5 Å². The van der Waals surface area contributed by atoms with Crippen LogP contribution < -0.4 is 5.32 Å². The van der Waals surface area contributed by atoms with Gasteiger partial charge in [0.2, 0.25) is 0 Å². The van der Waals surface area contributed by atoms with Crippen molar-refractivity contribution in [2.24, 2.45) is 0 Å². The Bertz CT molecular complexity index is 235. The molecule has 0 saturated carbocycles. The van der Waals surface area contributed by atoms with E-state index >= 15 is 0 Å². The fourth-order valence-electron chi connectivity index (χ4n) is 1.22. The molecule has 13 heavy (non-hydrogen) atoms. The highest BCUT2D eigenvalue weighted by Gasteiger charge is 2.02. The molecule has 0 aliphatic heterocycles. The van der Waals surface area contributed by atoms with Crippen LogP contribution >= 0.6 is 0 Å². The molecule has 1 atom stereocenters. The second-order valence-corrected chi connectivity index (χ2v) is 3.40. The first-order chi connectivity index (χ1) is 6.18. The van der Waals surface area contributed by atoms with Gasteiger partial charge in [0.15, 0.2) is 0 Å². The van der Waals surface area contributed by atoms with Gasteiger partial charge in [-0.25, -0.2) is 9.97 Å². The van der Waals surface area contributed by atoms with Crippen LogP contribution in [0.25, 0.3) is 0 Å². The highest BCUT2D eigenvalue weighted by molar-refractivity contribution is 5.32. The van der Waals surface area contributed by atoms with Crippen molar-refractivity contribution in [3.05, 3.63) is 18.6 Å². The first-order valence-corrected chi connectivity index (χ1v) is 4.36. The van der Waals surface area contributed by atoms with Gasteiger partial charge in [0, 0.05) is 18.8 Å². The van der Waals surface area contributed by atoms with Gasteiger partial charge in [-0.15, -0.1) is 0 Å². The standard InChI is InChI=1S/C9H16N4/c1-8(6-13(2)3)12-9-4-5-10-7-11-9/h4-5,7-8H,6H2,1-3H3,(H,10,11,12). The minimum Gasteiger partial charge on any atom is -0.366 e. The van der Waals surface area contributed by atoms with Gasteiger partial charge in [-0.2, -0.15) is 0 Å². The van der Waals surface area contributed by atoms with Crippen LogP contribution in [0.15, 0.2) is 18.6 Å². The lowest BCUT2D eigenvalue weighted by atomic mass is 10.3. The molecular formula is C9H16N4. The summed E-state index contributed by atoms with van der Waals surface area (Å²) in [5.74, 6) is 0.879. The highest BCUT2D eigenvalue weighted by atomic mass is 15.1. The van der Waals surface area contributed by atoms with Crippen molar-refractivity contribution in [2.45, 2.75) is 13.0 Å². The Morgan fingerprint density at radius 1 is 1.54 bits per heavy atom. The summed E-state index contributed by atoms with van der Waals surface area (Å²) in [7, 11) is 4.11. The molecule has 0 aromatic carbocycles. The largest absolute Gasteiger partial charge is 0.366 e. The normalized spacial score (nSPS) is 12.9. The van der Waals surface area contributed by atoms with Gasteiger partial charge in [0.1, 0.15) is 12.1 Å². The second kappa shape index (κ2) is 4.77. The van der Waals surface area contributed by atoms with Gasteiger partial charge in [0.05, 0.1) is 0 Å². The van der Waals surface area contributed by atoms with E-state index in [-0.39, 0.29) is 0 Å². The minimum absolute atomic E-state index is 0.393. The Labute approximate surface area is 79.0 Å². The van der Waals surface area contributed by atoms with Gasteiger partial charge < -0.3 is 10.2 Å². The van der Waals surface area contributed by atoms with E-state index in [1.54, 1.807) is 12.5 Å². The highest BCUT2D eigenvalue weighted by Crippen LogP contribution is 2.01. The SMILES string of the molecule is CC(CN(C)C)Nc1ccncn1. The van der Waals surface area contributed by atoms with Crippen molar-refractivity contribution in [1.82, 2.24) is 14.9 Å². The molecule has 0 aliphatic carbocycles. The van der Waals surface area contributed by atoms with E-state index in [9.17, 15) is 0 Å². The summed E-state index contributed by atoms with van der Waals surface area (Å²) < 4.78 is 0. The number of aromatic nitrogens is 2. The molecule has 0 aliphatic rings. The lowest BCUT2D eigenvalue weighted by Gasteiger charge is -2.18. The number of anilines is 1. The van der Waals surface area contributed by atoms with Crippen molar-refractivity contribution in [1.29, 1.82) is 0 Å². The van der Waals surface area contributed by atoms with Gasteiger partial charge in [-0.05, 0) is 27.1 Å². The zero-order valence-electron chi connectivity index (χ0n) is 8.36. The molecule has 0 radical (unpaired) electrons. The average molecular weight is 180 g/mol. The Morgan fingerprint density at radius 2 is 2.31 bits per heavy atom. The summed E-state index contributed by atoms with van der Waals surface area (Å²) in [6.45, 7) is 3.12. The number of hydrogen-bond acceptors (Lipinski definition) is 4. The van der Waals surface area contributed by atoms with Gasteiger partial charge in [0.25, 0.3) is 0 Å². The molecule has 1 aromatic rings. The maximum Gasteiger partial charge on any atom is 0.129 e. The zero-order valence-corrected chi connectivity index (χ0v) is 8.36. The molecule has 0 bridgehead atoms. The molecule has 4 heteroatoms. The smallest absolute Gasteiger partial charge is 0.129 e. The van der Waals surface area contributed by atoms with Crippen LogP contribution in [0.3, 0.4) is 0 Å². The number of hydrogen-bond donors (Lipinski definition) is 1. The summed E-state index contributed by atoms with van der Waals surface area (Å²) >= 11 is 0. The third kappa shape index (κ3) is 3.85. The number of rotatable bonds is 4. The summed E-state index contributed by atoms with van der Waals surface area (Å²) in [5.41, 5.74) is 0. The molecule has 1 rings (SSSR count). The van der Waals surface area contributed by atoms with Crippen molar-refractivity contribution in [3.63, 3.8) is 0 Å². The molecular weight excluding hydrogens is 164 g/mol. The summed E-state index contributed by atoms with van der Waals surface area (Å²) in [5, 5.41) is 3.28. The predicted octanol–water partition coefficient (Wildman–Crippen LogP) is 0.839. The van der Waals surface area contributed by atoms with Crippen molar-refractivity contribution in [2.75, 3.05) is 26.0 Å². The quantitative estimate of drug-likeness (QED) is 0.745. The van der Waals surface area contributed by atoms with E-state index in [1.165, 1.54) is 0 Å². The maximum atomic E-state index is 4.09. The lowest BCUT2D eigenvalue weighted by molar-refractivity contribution is 0.392. The number of nitrogens with one attached hydrogen (secondary N) is 1. The number of nitrogens with zero attached hydrogens (tertiary/aromatic N) is 3. The molecule has 0 spiro atoms. The third-order valence-electron chi connectivity index (χ3n) is 1.62. The van der Waals surface area contributed by atoms with E-state index in [4.69, 9.17) is 0 Å². The molecule has 1 aromatic heterocycles. The third-order valence-corrected chi connectivity index (χ3v) is 1.62. The van der Waals surface area contributed by atoms with Crippen molar-refractivity contribution < 1.29 is 0 Å². The molecule has 72 valence electrons. The average Bonchev–Trinajstić information content (AvgIpc) is 2.04. The van der Waals surface area contributed by atoms with E-state index in [0.717, 1.165) is 12.4 Å². The molecule has 1 N–H and O–H groups in total. The Kier molecular flexibility index (Phi) is 3.64.